The van der Waals surface area contributed by atoms with Crippen LogP contribution in [0.15, 0.2) is 45.9 Å². The molecule has 1 aromatic carbocycles. The number of rotatable bonds is 5. The van der Waals surface area contributed by atoms with Crippen molar-refractivity contribution in [2.45, 2.75) is 0 Å². The van der Waals surface area contributed by atoms with E-state index in [4.69, 9.17) is 4.42 Å². The number of anilines is 1. The topological polar surface area (TPSA) is 121 Å². The van der Waals surface area contributed by atoms with Gasteiger partial charge in [-0.3, -0.25) is 15.5 Å². The molecular weight excluding hydrogens is 266 g/mol. The Morgan fingerprint density at radius 3 is 2.80 bits per heavy atom. The van der Waals surface area contributed by atoms with Gasteiger partial charge in [0.25, 0.3) is 0 Å². The molecule has 0 aliphatic carbocycles. The highest BCUT2D eigenvalue weighted by molar-refractivity contribution is 5.87. The number of aromatic carboxylic acids is 1. The smallest absolute Gasteiger partial charge is 0.433 e. The summed E-state index contributed by atoms with van der Waals surface area (Å²) in [5.74, 6) is -1.48. The van der Waals surface area contributed by atoms with Gasteiger partial charge in [-0.25, -0.2) is 0 Å². The first-order valence-corrected chi connectivity index (χ1v) is 5.41. The van der Waals surface area contributed by atoms with Gasteiger partial charge >= 0.3 is 5.88 Å². The lowest BCUT2D eigenvalue weighted by Gasteiger charge is -2.04. The quantitative estimate of drug-likeness (QED) is 0.493. The summed E-state index contributed by atoms with van der Waals surface area (Å²) in [7, 11) is 0. The van der Waals surface area contributed by atoms with Crippen molar-refractivity contribution < 1.29 is 19.2 Å². The molecule has 0 amide bonds. The number of carboxylic acid groups (broad SMARTS) is 1. The average Bonchev–Trinajstić information content (AvgIpc) is 2.88. The molecule has 0 saturated heterocycles. The molecule has 0 aliphatic rings. The van der Waals surface area contributed by atoms with Crippen LogP contribution in [0.4, 0.5) is 11.6 Å². The van der Waals surface area contributed by atoms with Crippen molar-refractivity contribution in [3.05, 3.63) is 57.8 Å². The number of hydrogen-bond acceptors (Lipinski definition) is 7. The number of carbonyl (C=O) groups is 1. The van der Waals surface area contributed by atoms with E-state index in [1.807, 2.05) is 0 Å². The number of nitro groups is 1. The van der Waals surface area contributed by atoms with Crippen molar-refractivity contribution in [1.29, 1.82) is 0 Å². The van der Waals surface area contributed by atoms with Crippen molar-refractivity contribution in [2.24, 2.45) is 5.10 Å². The third kappa shape index (κ3) is 3.19. The minimum atomic E-state index is -1.29. The molecule has 0 radical (unpaired) electrons. The highest BCUT2D eigenvalue weighted by Crippen LogP contribution is 2.14. The van der Waals surface area contributed by atoms with E-state index >= 15 is 0 Å². The Balaban J connectivity index is 2.04. The van der Waals surface area contributed by atoms with Gasteiger partial charge < -0.3 is 14.3 Å². The molecule has 0 saturated carbocycles. The number of nitrogens with zero attached hydrogens (tertiary/aromatic N) is 2. The summed E-state index contributed by atoms with van der Waals surface area (Å²) < 4.78 is 4.85. The molecule has 0 fully saturated rings. The van der Waals surface area contributed by atoms with Gasteiger partial charge in [0.05, 0.1) is 23.9 Å². The summed E-state index contributed by atoms with van der Waals surface area (Å²) >= 11 is 0. The second-order valence-corrected chi connectivity index (χ2v) is 3.67. The van der Waals surface area contributed by atoms with Gasteiger partial charge in [-0.15, -0.1) is 0 Å². The normalized spacial score (nSPS) is 10.6. The minimum Gasteiger partial charge on any atom is -0.545 e. The summed E-state index contributed by atoms with van der Waals surface area (Å²) in [5, 5.41) is 24.8. The fourth-order valence-corrected chi connectivity index (χ4v) is 1.40. The first-order chi connectivity index (χ1) is 9.56. The molecule has 0 spiro atoms. The van der Waals surface area contributed by atoms with E-state index in [2.05, 4.69) is 10.5 Å². The number of furan rings is 1. The number of carboxylic acids is 1. The number of hydrogen-bond donors (Lipinski definition) is 1. The van der Waals surface area contributed by atoms with Crippen LogP contribution < -0.4 is 10.5 Å². The maximum absolute atomic E-state index is 10.7. The molecule has 2 aromatic rings. The van der Waals surface area contributed by atoms with Crippen molar-refractivity contribution >= 4 is 23.8 Å². The zero-order valence-electron chi connectivity index (χ0n) is 9.98. The zero-order valence-corrected chi connectivity index (χ0v) is 9.98. The Bertz CT molecular complexity index is 677. The molecule has 102 valence electrons. The monoisotopic (exact) mass is 274 g/mol. The molecule has 8 heteroatoms. The summed E-state index contributed by atoms with van der Waals surface area (Å²) in [4.78, 5) is 20.4. The first-order valence-electron chi connectivity index (χ1n) is 5.41. The van der Waals surface area contributed by atoms with Gasteiger partial charge in [0.1, 0.15) is 4.92 Å². The van der Waals surface area contributed by atoms with Gasteiger partial charge in [-0.1, -0.05) is 12.1 Å². The zero-order chi connectivity index (χ0) is 14.5. The number of nitrogens with one attached hydrogen (secondary N) is 1. The van der Waals surface area contributed by atoms with E-state index in [-0.39, 0.29) is 17.2 Å². The van der Waals surface area contributed by atoms with Crippen LogP contribution in [0.2, 0.25) is 0 Å². The second-order valence-electron chi connectivity index (χ2n) is 3.67. The van der Waals surface area contributed by atoms with E-state index in [0.29, 0.717) is 5.69 Å². The Morgan fingerprint density at radius 1 is 1.35 bits per heavy atom. The average molecular weight is 274 g/mol. The standard InChI is InChI=1S/C12H9N3O5/c16-12(17)8-2-1-3-9(6-8)14-13-7-10-4-5-11(20-10)15(18)19/h1-7,14H,(H,16,17)/p-1/b13-7-. The van der Waals surface area contributed by atoms with Gasteiger partial charge in [0.2, 0.25) is 0 Å². The lowest BCUT2D eigenvalue weighted by Crippen LogP contribution is -2.22. The molecule has 0 atom stereocenters. The van der Waals surface area contributed by atoms with Crippen LogP contribution in [0.5, 0.6) is 0 Å². The van der Waals surface area contributed by atoms with Gasteiger partial charge in [-0.2, -0.15) is 5.10 Å². The van der Waals surface area contributed by atoms with E-state index < -0.39 is 10.9 Å². The number of carbonyl (C=O) groups excluding carboxylic acids is 1. The SMILES string of the molecule is O=C([O-])c1cccc(N/N=C\c2ccc([N+](=O)[O-])o2)c1. The van der Waals surface area contributed by atoms with E-state index in [9.17, 15) is 20.0 Å². The Labute approximate surface area is 112 Å². The maximum atomic E-state index is 10.7. The predicted octanol–water partition coefficient (Wildman–Crippen LogP) is 0.997. The van der Waals surface area contributed by atoms with Crippen molar-refractivity contribution in [2.75, 3.05) is 5.43 Å². The van der Waals surface area contributed by atoms with Crippen LogP contribution in [0.25, 0.3) is 0 Å². The van der Waals surface area contributed by atoms with Crippen LogP contribution in [0.3, 0.4) is 0 Å². The van der Waals surface area contributed by atoms with E-state index in [1.54, 1.807) is 6.07 Å². The molecule has 1 heterocycles. The fourth-order valence-electron chi connectivity index (χ4n) is 1.40. The van der Waals surface area contributed by atoms with Gasteiger partial charge in [-0.05, 0) is 23.8 Å². The summed E-state index contributed by atoms with van der Waals surface area (Å²) in [6.07, 6.45) is 1.23. The molecule has 0 unspecified atom stereocenters. The summed E-state index contributed by atoms with van der Waals surface area (Å²) in [5.41, 5.74) is 3.02. The van der Waals surface area contributed by atoms with E-state index in [1.165, 1.54) is 36.5 Å². The Hall–Kier alpha value is -3.16. The Morgan fingerprint density at radius 2 is 2.15 bits per heavy atom. The van der Waals surface area contributed by atoms with Crippen LogP contribution in [-0.2, 0) is 0 Å². The van der Waals surface area contributed by atoms with Crippen molar-refractivity contribution in [3.8, 4) is 0 Å². The van der Waals surface area contributed by atoms with Crippen LogP contribution in [0, 0.1) is 10.1 Å². The second kappa shape index (κ2) is 5.65. The first kappa shape index (κ1) is 13.3. The molecule has 2 rings (SSSR count). The van der Waals surface area contributed by atoms with Crippen molar-refractivity contribution in [1.82, 2.24) is 0 Å². The lowest BCUT2D eigenvalue weighted by molar-refractivity contribution is -0.402. The third-order valence-electron chi connectivity index (χ3n) is 2.28. The van der Waals surface area contributed by atoms with Crippen LogP contribution in [-0.4, -0.2) is 17.1 Å². The van der Waals surface area contributed by atoms with Crippen LogP contribution in [0.1, 0.15) is 16.1 Å². The van der Waals surface area contributed by atoms with E-state index in [0.717, 1.165) is 0 Å². The summed E-state index contributed by atoms with van der Waals surface area (Å²) in [6.45, 7) is 0. The molecular formula is C12H8N3O5-. The fraction of sp³-hybridized carbons (Fsp3) is 0. The maximum Gasteiger partial charge on any atom is 0.433 e. The molecule has 8 nitrogen and oxygen atoms in total. The van der Waals surface area contributed by atoms with Gasteiger partial charge in [0, 0.05) is 0 Å². The number of benzene rings is 1. The molecule has 1 N–H and O–H groups in total. The highest BCUT2D eigenvalue weighted by Gasteiger charge is 2.09. The van der Waals surface area contributed by atoms with Crippen LogP contribution >= 0.6 is 0 Å². The molecule has 0 aliphatic heterocycles. The third-order valence-corrected chi connectivity index (χ3v) is 2.28. The minimum absolute atomic E-state index is 0.0128. The molecule has 20 heavy (non-hydrogen) atoms. The number of hydrazone groups is 1. The Kier molecular flexibility index (Phi) is 3.75. The summed E-state index contributed by atoms with van der Waals surface area (Å²) in [6, 6.07) is 8.46. The molecule has 0 bridgehead atoms. The predicted molar refractivity (Wildman–Crippen MR) is 67.4 cm³/mol. The highest BCUT2D eigenvalue weighted by atomic mass is 16.6. The molecule has 1 aromatic heterocycles. The lowest BCUT2D eigenvalue weighted by atomic mass is 10.2. The largest absolute Gasteiger partial charge is 0.545 e. The van der Waals surface area contributed by atoms with Gasteiger partial charge in [0.15, 0.2) is 5.76 Å². The van der Waals surface area contributed by atoms with Crippen molar-refractivity contribution in [3.63, 3.8) is 0 Å².